The first kappa shape index (κ1) is 8.43. The minimum atomic E-state index is -0.211. The second-order valence-corrected chi connectivity index (χ2v) is 2.14. The lowest BCUT2D eigenvalue weighted by molar-refractivity contribution is -0.140. The summed E-state index contributed by atoms with van der Waals surface area (Å²) < 4.78 is 4.67. The number of ether oxygens (including phenoxy) is 1. The normalized spacial score (nSPS) is 9.78. The number of carbonyl (C=O) groups is 1. The molecule has 9 heavy (non-hydrogen) atoms. The summed E-state index contributed by atoms with van der Waals surface area (Å²) in [6.07, 6.45) is 0. The highest BCUT2D eigenvalue weighted by atomic mass is 16.5. The van der Waals surface area contributed by atoms with Crippen LogP contribution in [0.1, 0.15) is 6.92 Å². The summed E-state index contributed by atoms with van der Waals surface area (Å²) in [4.78, 5) is 12.1. The molecule has 0 aromatic rings. The van der Waals surface area contributed by atoms with Crippen molar-refractivity contribution in [3.63, 3.8) is 0 Å². The van der Waals surface area contributed by atoms with Crippen molar-refractivity contribution in [1.82, 2.24) is 4.90 Å². The van der Waals surface area contributed by atoms with Gasteiger partial charge in [0.1, 0.15) is 20.7 Å². The average Bonchev–Trinajstić information content (AvgIpc) is 1.63. The zero-order chi connectivity index (χ0) is 7.28. The number of hydrogen-bond donors (Lipinski definition) is 0. The summed E-state index contributed by atoms with van der Waals surface area (Å²) in [5, 5.41) is 0. The van der Waals surface area contributed by atoms with Crippen LogP contribution in [0.3, 0.4) is 0 Å². The summed E-state index contributed by atoms with van der Waals surface area (Å²) in [5.74, 6) is -0.211. The van der Waals surface area contributed by atoms with E-state index in [9.17, 15) is 4.79 Å². The van der Waals surface area contributed by atoms with Crippen LogP contribution in [0.5, 0.6) is 0 Å². The van der Waals surface area contributed by atoms with E-state index in [1.54, 1.807) is 0 Å². The van der Waals surface area contributed by atoms with Gasteiger partial charge in [0.2, 0.25) is 0 Å². The monoisotopic (exact) mass is 131 g/mol. The van der Waals surface area contributed by atoms with Gasteiger partial charge in [0.05, 0.1) is 0 Å². The van der Waals surface area contributed by atoms with Gasteiger partial charge in [0.25, 0.3) is 0 Å². The highest BCUT2D eigenvalue weighted by Gasteiger charge is 1.99. The molecule has 0 aromatic heterocycles. The lowest BCUT2D eigenvalue weighted by Gasteiger charge is -1.99. The zero-order valence-electron chi connectivity index (χ0n) is 6.18. The Morgan fingerprint density at radius 3 is 2.44 bits per heavy atom. The maximum Gasteiger partial charge on any atom is 0.302 e. The molecular formula is C6H13NO2+. The van der Waals surface area contributed by atoms with Crippen LogP contribution in [-0.2, 0) is 9.53 Å². The van der Waals surface area contributed by atoms with Crippen molar-refractivity contribution >= 4 is 5.97 Å². The molecule has 0 heterocycles. The van der Waals surface area contributed by atoms with E-state index in [-0.39, 0.29) is 5.97 Å². The predicted octanol–water partition coefficient (Wildman–Crippen LogP) is -0.0508. The van der Waals surface area contributed by atoms with Gasteiger partial charge >= 0.3 is 5.97 Å². The fourth-order valence-corrected chi connectivity index (χ4v) is 0.372. The van der Waals surface area contributed by atoms with Crippen LogP contribution in [0.25, 0.3) is 0 Å². The smallest absolute Gasteiger partial charge is 0.302 e. The van der Waals surface area contributed by atoms with Crippen molar-refractivity contribution in [2.75, 3.05) is 27.2 Å². The van der Waals surface area contributed by atoms with Crippen molar-refractivity contribution in [1.29, 1.82) is 0 Å². The Balaban J connectivity index is 3.01. The van der Waals surface area contributed by atoms with Gasteiger partial charge in [0.15, 0.2) is 6.54 Å². The minimum absolute atomic E-state index is 0.211. The van der Waals surface area contributed by atoms with Gasteiger partial charge in [0, 0.05) is 6.92 Å². The molecule has 3 nitrogen and oxygen atoms in total. The second kappa shape index (κ2) is 4.32. The van der Waals surface area contributed by atoms with Crippen LogP contribution in [0, 0.1) is 0 Å². The highest BCUT2D eigenvalue weighted by molar-refractivity contribution is 5.65. The molecule has 0 amide bonds. The van der Waals surface area contributed by atoms with Gasteiger partial charge in [-0.15, -0.1) is 0 Å². The Kier molecular flexibility index (Phi) is 4.05. The number of likely N-dealkylation sites (N-methyl/N-ethyl adjacent to an activating group) is 1. The standard InChI is InChI=1S/C6H13NO2/c1-6(8)9-5-4-7(2)3/h4-5H2,1-3H3/q+1. The number of esters is 1. The summed E-state index contributed by atoms with van der Waals surface area (Å²) in [5.41, 5.74) is 0. The number of hydrogen-bond acceptors (Lipinski definition) is 3. The molecular weight excluding hydrogens is 118 g/mol. The molecule has 0 fully saturated rings. The van der Waals surface area contributed by atoms with E-state index in [1.165, 1.54) is 6.92 Å². The van der Waals surface area contributed by atoms with Gasteiger partial charge in [-0.05, 0) is 0 Å². The molecule has 0 saturated carbocycles. The quantitative estimate of drug-likeness (QED) is 0.397. The number of carbonyl (C=O) groups excluding carboxylic acids is 1. The highest BCUT2D eigenvalue weighted by Crippen LogP contribution is 1.75. The van der Waals surface area contributed by atoms with Crippen LogP contribution in [0.15, 0.2) is 0 Å². The van der Waals surface area contributed by atoms with Gasteiger partial charge in [-0.2, -0.15) is 4.90 Å². The third-order valence-electron chi connectivity index (χ3n) is 0.844. The largest absolute Gasteiger partial charge is 0.460 e. The average molecular weight is 131 g/mol. The van der Waals surface area contributed by atoms with E-state index in [4.69, 9.17) is 0 Å². The van der Waals surface area contributed by atoms with Crippen molar-refractivity contribution in [3.8, 4) is 0 Å². The van der Waals surface area contributed by atoms with Crippen LogP contribution in [0.2, 0.25) is 0 Å². The Morgan fingerprint density at radius 2 is 2.11 bits per heavy atom. The van der Waals surface area contributed by atoms with E-state index < -0.39 is 0 Å². The van der Waals surface area contributed by atoms with Gasteiger partial charge in [-0.1, -0.05) is 0 Å². The summed E-state index contributed by atoms with van der Waals surface area (Å²) in [6.45, 7) is 2.69. The molecule has 0 aliphatic rings. The molecule has 0 atom stereocenters. The fraction of sp³-hybridized carbons (Fsp3) is 0.833. The first-order valence-electron chi connectivity index (χ1n) is 2.91. The van der Waals surface area contributed by atoms with Gasteiger partial charge in [-0.3, -0.25) is 4.79 Å². The van der Waals surface area contributed by atoms with Crippen LogP contribution in [-0.4, -0.2) is 33.2 Å². The minimum Gasteiger partial charge on any atom is -0.460 e. The van der Waals surface area contributed by atoms with Crippen molar-refractivity contribution in [3.05, 3.63) is 0 Å². The van der Waals surface area contributed by atoms with Crippen molar-refractivity contribution < 1.29 is 9.53 Å². The molecule has 53 valence electrons. The van der Waals surface area contributed by atoms with Crippen LogP contribution >= 0.6 is 0 Å². The van der Waals surface area contributed by atoms with Crippen LogP contribution < -0.4 is 4.90 Å². The third kappa shape index (κ3) is 7.43. The molecule has 0 bridgehead atoms. The van der Waals surface area contributed by atoms with Gasteiger partial charge < -0.3 is 4.74 Å². The Hall–Kier alpha value is -0.570. The maximum atomic E-state index is 10.2. The van der Waals surface area contributed by atoms with Crippen molar-refractivity contribution in [2.24, 2.45) is 0 Å². The number of rotatable bonds is 3. The fourth-order valence-electron chi connectivity index (χ4n) is 0.372. The SMILES string of the molecule is CC(=O)OCC[N+](C)C. The Labute approximate surface area is 55.6 Å². The van der Waals surface area contributed by atoms with E-state index in [0.717, 1.165) is 6.54 Å². The Bertz CT molecular complexity index is 91.1. The first-order valence-corrected chi connectivity index (χ1v) is 2.91. The lowest BCUT2D eigenvalue weighted by Crippen LogP contribution is -2.24. The maximum absolute atomic E-state index is 10.2. The third-order valence-corrected chi connectivity index (χ3v) is 0.844. The van der Waals surface area contributed by atoms with E-state index in [0.29, 0.717) is 6.61 Å². The first-order chi connectivity index (χ1) is 4.13. The predicted molar refractivity (Wildman–Crippen MR) is 35.5 cm³/mol. The summed E-state index contributed by atoms with van der Waals surface area (Å²) in [7, 11) is 3.87. The molecule has 0 aromatic carbocycles. The summed E-state index contributed by atoms with van der Waals surface area (Å²) >= 11 is 0. The molecule has 0 aliphatic carbocycles. The molecule has 0 saturated heterocycles. The molecule has 0 aliphatic heterocycles. The van der Waals surface area contributed by atoms with Crippen LogP contribution in [0.4, 0.5) is 0 Å². The molecule has 3 heteroatoms. The molecule has 1 radical (unpaired) electrons. The Morgan fingerprint density at radius 1 is 1.56 bits per heavy atom. The molecule has 0 rings (SSSR count). The number of nitrogens with zero attached hydrogens (tertiary/aromatic N) is 1. The molecule has 0 spiro atoms. The summed E-state index contributed by atoms with van der Waals surface area (Å²) in [6, 6.07) is 0. The van der Waals surface area contributed by atoms with E-state index in [1.807, 2.05) is 19.0 Å². The van der Waals surface area contributed by atoms with E-state index in [2.05, 4.69) is 4.74 Å². The zero-order valence-corrected chi connectivity index (χ0v) is 6.18. The molecule has 0 unspecified atom stereocenters. The van der Waals surface area contributed by atoms with Crippen molar-refractivity contribution in [2.45, 2.75) is 6.92 Å². The van der Waals surface area contributed by atoms with E-state index >= 15 is 0 Å². The lowest BCUT2D eigenvalue weighted by atomic mass is 10.6. The van der Waals surface area contributed by atoms with Gasteiger partial charge in [-0.25, -0.2) is 0 Å². The second-order valence-electron chi connectivity index (χ2n) is 2.14. The molecule has 0 N–H and O–H groups in total. The topological polar surface area (TPSA) is 32.2 Å².